The SMILES string of the molecule is Brc1ccc2[nH]cc(C(c3ccc(C(c4c[nH]c5ccccc45)c4c[nH]c5ccccc45)cc3)c3c[nH]c4ccc(Br)cc34)c2c1. The van der Waals surface area contributed by atoms with Gasteiger partial charge in [-0.2, -0.15) is 0 Å². The normalized spacial score (nSPS) is 12.1. The van der Waals surface area contributed by atoms with E-state index in [1.54, 1.807) is 0 Å². The van der Waals surface area contributed by atoms with Gasteiger partial charge in [-0.1, -0.05) is 92.5 Å². The van der Waals surface area contributed by atoms with Crippen LogP contribution in [0.25, 0.3) is 43.6 Å². The Balaban J connectivity index is 1.24. The second-order valence-electron chi connectivity index (χ2n) is 12.0. The van der Waals surface area contributed by atoms with Gasteiger partial charge in [-0.25, -0.2) is 0 Å². The van der Waals surface area contributed by atoms with Crippen LogP contribution in [0, 0.1) is 0 Å². The largest absolute Gasteiger partial charge is 0.361 e. The Hall–Kier alpha value is -4.78. The standard InChI is InChI=1S/C40H28Br2N4/c41-25-13-15-37-29(17-25)33(21-45-37)40(34-22-46-38-16-14-26(42)18-30(34)38)24-11-9-23(10-12-24)39(31-19-43-35-7-3-1-5-27(31)35)32-20-44-36-8-4-2-6-28(32)36/h1-22,39-40,43-46H. The van der Waals surface area contributed by atoms with Gasteiger partial charge in [-0.05, 0) is 81.9 Å². The van der Waals surface area contributed by atoms with Gasteiger partial charge >= 0.3 is 0 Å². The molecule has 222 valence electrons. The predicted molar refractivity (Wildman–Crippen MR) is 197 cm³/mol. The Labute approximate surface area is 282 Å². The summed E-state index contributed by atoms with van der Waals surface area (Å²) in [7, 11) is 0. The van der Waals surface area contributed by atoms with E-state index in [1.807, 2.05) is 0 Å². The van der Waals surface area contributed by atoms with Crippen LogP contribution in [-0.2, 0) is 0 Å². The van der Waals surface area contributed by atoms with Crippen molar-refractivity contribution in [2.75, 3.05) is 0 Å². The zero-order chi connectivity index (χ0) is 30.8. The van der Waals surface area contributed by atoms with Crippen molar-refractivity contribution in [1.82, 2.24) is 19.9 Å². The molecular weight excluding hydrogens is 696 g/mol. The number of para-hydroxylation sites is 2. The molecule has 0 fully saturated rings. The van der Waals surface area contributed by atoms with E-state index >= 15 is 0 Å². The van der Waals surface area contributed by atoms with Crippen LogP contribution in [0.4, 0.5) is 0 Å². The van der Waals surface area contributed by atoms with Crippen molar-refractivity contribution in [2.24, 2.45) is 0 Å². The van der Waals surface area contributed by atoms with Crippen LogP contribution in [0.1, 0.15) is 45.2 Å². The lowest BCUT2D eigenvalue weighted by molar-refractivity contribution is 0.970. The second kappa shape index (κ2) is 10.9. The van der Waals surface area contributed by atoms with Gasteiger partial charge in [0.05, 0.1) is 0 Å². The highest BCUT2D eigenvalue weighted by Crippen LogP contribution is 2.43. The number of hydrogen-bond donors (Lipinski definition) is 4. The van der Waals surface area contributed by atoms with Crippen molar-refractivity contribution >= 4 is 75.5 Å². The summed E-state index contributed by atoms with van der Waals surface area (Å²) in [5.41, 5.74) is 12.1. The fraction of sp³-hybridized carbons (Fsp3) is 0.0500. The minimum absolute atomic E-state index is 0.0137. The minimum Gasteiger partial charge on any atom is -0.361 e. The van der Waals surface area contributed by atoms with Crippen LogP contribution in [0.2, 0.25) is 0 Å². The number of aromatic nitrogens is 4. The fourth-order valence-electron chi connectivity index (χ4n) is 7.31. The molecule has 4 heterocycles. The molecule has 0 atom stereocenters. The summed E-state index contributed by atoms with van der Waals surface area (Å²) in [5.74, 6) is 0.0627. The number of halogens is 2. The first kappa shape index (κ1) is 27.5. The number of fused-ring (bicyclic) bond motifs is 4. The summed E-state index contributed by atoms with van der Waals surface area (Å²) in [6, 6.07) is 39.4. The first-order chi connectivity index (χ1) is 22.6. The van der Waals surface area contributed by atoms with Crippen molar-refractivity contribution < 1.29 is 0 Å². The average molecular weight is 724 g/mol. The summed E-state index contributed by atoms with van der Waals surface area (Å²) in [5, 5.41) is 4.91. The van der Waals surface area contributed by atoms with E-state index in [0.29, 0.717) is 0 Å². The molecule has 5 aromatic carbocycles. The Morgan fingerprint density at radius 1 is 0.370 bits per heavy atom. The van der Waals surface area contributed by atoms with E-state index in [0.717, 1.165) is 31.0 Å². The molecule has 0 radical (unpaired) electrons. The molecule has 4 nitrogen and oxygen atoms in total. The van der Waals surface area contributed by atoms with Crippen LogP contribution < -0.4 is 0 Å². The summed E-state index contributed by atoms with van der Waals surface area (Å²) >= 11 is 7.44. The van der Waals surface area contributed by atoms with Crippen LogP contribution >= 0.6 is 31.9 Å². The van der Waals surface area contributed by atoms with Gasteiger partial charge in [0.1, 0.15) is 0 Å². The number of benzene rings is 5. The van der Waals surface area contributed by atoms with Crippen molar-refractivity contribution in [1.29, 1.82) is 0 Å². The van der Waals surface area contributed by atoms with Gasteiger partial charge in [-0.3, -0.25) is 0 Å². The third-order valence-corrected chi connectivity index (χ3v) is 10.4. The molecule has 4 N–H and O–H groups in total. The highest BCUT2D eigenvalue weighted by Gasteiger charge is 2.26. The summed E-state index contributed by atoms with van der Waals surface area (Å²) in [4.78, 5) is 14.1. The van der Waals surface area contributed by atoms with Gasteiger partial charge in [0, 0.05) is 89.2 Å². The van der Waals surface area contributed by atoms with Crippen LogP contribution in [-0.4, -0.2) is 19.9 Å². The van der Waals surface area contributed by atoms with E-state index in [4.69, 9.17) is 0 Å². The predicted octanol–water partition coefficient (Wildman–Crippen LogP) is 11.5. The Bertz CT molecular complexity index is 2370. The summed E-state index contributed by atoms with van der Waals surface area (Å²) in [6.45, 7) is 0. The molecule has 0 aliphatic heterocycles. The van der Waals surface area contributed by atoms with Gasteiger partial charge in [-0.15, -0.1) is 0 Å². The molecule has 0 aliphatic carbocycles. The first-order valence-electron chi connectivity index (χ1n) is 15.4. The fourth-order valence-corrected chi connectivity index (χ4v) is 8.03. The van der Waals surface area contributed by atoms with Crippen LogP contribution in [0.3, 0.4) is 0 Å². The topological polar surface area (TPSA) is 63.2 Å². The van der Waals surface area contributed by atoms with Crippen molar-refractivity contribution in [3.63, 3.8) is 0 Å². The van der Waals surface area contributed by atoms with Gasteiger partial charge in [0.15, 0.2) is 0 Å². The zero-order valence-corrected chi connectivity index (χ0v) is 27.8. The Kier molecular flexibility index (Phi) is 6.54. The molecule has 4 aromatic heterocycles. The Morgan fingerprint density at radius 3 is 1.13 bits per heavy atom. The molecule has 9 rings (SSSR count). The lowest BCUT2D eigenvalue weighted by Crippen LogP contribution is -2.05. The molecular formula is C40H28Br2N4. The molecule has 0 bridgehead atoms. The highest BCUT2D eigenvalue weighted by atomic mass is 79.9. The van der Waals surface area contributed by atoms with Crippen LogP contribution in [0.5, 0.6) is 0 Å². The maximum atomic E-state index is 3.72. The van der Waals surface area contributed by atoms with Gasteiger partial charge < -0.3 is 19.9 Å². The molecule has 6 heteroatoms. The van der Waals surface area contributed by atoms with E-state index < -0.39 is 0 Å². The number of rotatable bonds is 6. The third kappa shape index (κ3) is 4.47. The summed E-state index contributed by atoms with van der Waals surface area (Å²) < 4.78 is 2.13. The minimum atomic E-state index is 0.0137. The van der Waals surface area contributed by atoms with E-state index in [2.05, 4.69) is 186 Å². The lowest BCUT2D eigenvalue weighted by Gasteiger charge is -2.21. The molecule has 0 spiro atoms. The average Bonchev–Trinajstić information content (AvgIpc) is 3.89. The molecule has 0 aliphatic rings. The van der Waals surface area contributed by atoms with Crippen molar-refractivity contribution in [3.8, 4) is 0 Å². The smallest absolute Gasteiger partial charge is 0.0457 e. The lowest BCUT2D eigenvalue weighted by atomic mass is 9.81. The van der Waals surface area contributed by atoms with Gasteiger partial charge in [0.25, 0.3) is 0 Å². The molecule has 9 aromatic rings. The van der Waals surface area contributed by atoms with Crippen LogP contribution in [0.15, 0.2) is 143 Å². The Morgan fingerprint density at radius 2 is 0.717 bits per heavy atom. The maximum Gasteiger partial charge on any atom is 0.0457 e. The first-order valence-corrected chi connectivity index (χ1v) is 17.0. The van der Waals surface area contributed by atoms with Crippen molar-refractivity contribution in [3.05, 3.63) is 176 Å². The number of aromatic amines is 4. The monoisotopic (exact) mass is 722 g/mol. The van der Waals surface area contributed by atoms with Gasteiger partial charge in [0.2, 0.25) is 0 Å². The molecule has 0 unspecified atom stereocenters. The van der Waals surface area contributed by atoms with Crippen molar-refractivity contribution in [2.45, 2.75) is 11.8 Å². The molecule has 0 amide bonds. The second-order valence-corrected chi connectivity index (χ2v) is 13.8. The van der Waals surface area contributed by atoms with E-state index in [9.17, 15) is 0 Å². The van der Waals surface area contributed by atoms with E-state index in [-0.39, 0.29) is 11.8 Å². The highest BCUT2D eigenvalue weighted by molar-refractivity contribution is 9.10. The quantitative estimate of drug-likeness (QED) is 0.132. The summed E-state index contributed by atoms with van der Waals surface area (Å²) in [6.07, 6.45) is 8.71. The number of hydrogen-bond acceptors (Lipinski definition) is 0. The molecule has 46 heavy (non-hydrogen) atoms. The molecule has 0 saturated heterocycles. The maximum absolute atomic E-state index is 3.72. The number of nitrogens with one attached hydrogen (secondary N) is 4. The van der Waals surface area contributed by atoms with E-state index in [1.165, 1.54) is 54.9 Å². The zero-order valence-electron chi connectivity index (χ0n) is 24.6. The number of H-pyrrole nitrogens is 4. The molecule has 0 saturated carbocycles. The third-order valence-electron chi connectivity index (χ3n) is 9.44.